The van der Waals surface area contributed by atoms with Crippen LogP contribution in [-0.2, 0) is 10.8 Å². The predicted octanol–water partition coefficient (Wildman–Crippen LogP) is 4.76. The van der Waals surface area contributed by atoms with Gasteiger partial charge in [0, 0.05) is 34.6 Å². The van der Waals surface area contributed by atoms with Crippen LogP contribution in [0.1, 0.15) is 52.9 Å². The Balaban J connectivity index is 0.000000276. The summed E-state index contributed by atoms with van der Waals surface area (Å²) >= 11 is 0. The monoisotopic (exact) mass is 270 g/mol. The third-order valence-electron chi connectivity index (χ3n) is 2.85. The van der Waals surface area contributed by atoms with Crippen molar-refractivity contribution < 1.29 is 0 Å². The van der Waals surface area contributed by atoms with E-state index in [1.807, 2.05) is 18.2 Å². The van der Waals surface area contributed by atoms with Gasteiger partial charge in [-0.3, -0.25) is 9.97 Å². The summed E-state index contributed by atoms with van der Waals surface area (Å²) in [7, 11) is 0. The first-order valence-electron chi connectivity index (χ1n) is 7.04. The molecule has 0 atom stereocenters. The first-order chi connectivity index (χ1) is 9.21. The number of rotatable bonds is 0. The van der Waals surface area contributed by atoms with Crippen molar-refractivity contribution in [3.8, 4) is 0 Å². The molecule has 2 rings (SSSR count). The Morgan fingerprint density at radius 1 is 0.650 bits per heavy atom. The Bertz CT molecular complexity index is 449. The lowest BCUT2D eigenvalue weighted by molar-refractivity contribution is 0.531. The van der Waals surface area contributed by atoms with Gasteiger partial charge in [0.2, 0.25) is 0 Å². The molecule has 2 heterocycles. The zero-order valence-corrected chi connectivity index (χ0v) is 13.5. The smallest absolute Gasteiger partial charge is 0.0460 e. The minimum Gasteiger partial charge on any atom is -0.265 e. The second kappa shape index (κ2) is 6.65. The van der Waals surface area contributed by atoms with Crippen LogP contribution in [0, 0.1) is 0 Å². The number of pyridine rings is 2. The summed E-state index contributed by atoms with van der Waals surface area (Å²) in [6.07, 6.45) is 3.50. The Kier molecular flexibility index (Phi) is 5.43. The number of hydrogen-bond donors (Lipinski definition) is 0. The Morgan fingerprint density at radius 2 is 1.10 bits per heavy atom. The van der Waals surface area contributed by atoms with Gasteiger partial charge in [0.1, 0.15) is 0 Å². The van der Waals surface area contributed by atoms with Gasteiger partial charge in [-0.25, -0.2) is 0 Å². The molecule has 0 fully saturated rings. The highest BCUT2D eigenvalue weighted by Crippen LogP contribution is 2.24. The standard InChI is InChI=1S/C13H21N.C5H5N/c1-12(2,3)10-8-7-9-11(14-10)13(4,5)6;1-2-4-6-5-3-1/h7-9H,1-6H3;1-5H. The van der Waals surface area contributed by atoms with Crippen LogP contribution in [0.3, 0.4) is 0 Å². The maximum atomic E-state index is 4.72. The Morgan fingerprint density at radius 3 is 1.35 bits per heavy atom. The van der Waals surface area contributed by atoms with Gasteiger partial charge >= 0.3 is 0 Å². The third-order valence-corrected chi connectivity index (χ3v) is 2.85. The van der Waals surface area contributed by atoms with Gasteiger partial charge in [-0.15, -0.1) is 0 Å². The first kappa shape index (κ1) is 16.4. The Hall–Kier alpha value is -1.70. The molecule has 0 amide bonds. The van der Waals surface area contributed by atoms with Crippen molar-refractivity contribution in [2.45, 2.75) is 52.4 Å². The van der Waals surface area contributed by atoms with Crippen LogP contribution in [0.25, 0.3) is 0 Å². The molecule has 0 N–H and O–H groups in total. The second-order valence-corrected chi connectivity index (χ2v) is 6.93. The van der Waals surface area contributed by atoms with E-state index in [1.54, 1.807) is 12.4 Å². The minimum atomic E-state index is 0.140. The zero-order chi connectivity index (χ0) is 15.2. The van der Waals surface area contributed by atoms with E-state index in [0.717, 1.165) is 0 Å². The van der Waals surface area contributed by atoms with Crippen LogP contribution in [0.5, 0.6) is 0 Å². The summed E-state index contributed by atoms with van der Waals surface area (Å²) < 4.78 is 0. The SMILES string of the molecule is CC(C)(C)c1cccc(C(C)(C)C)n1.c1ccncc1. The fourth-order valence-electron chi connectivity index (χ4n) is 1.58. The maximum Gasteiger partial charge on any atom is 0.0460 e. The van der Waals surface area contributed by atoms with Gasteiger partial charge in [-0.2, -0.15) is 0 Å². The molecule has 2 heteroatoms. The van der Waals surface area contributed by atoms with Crippen molar-refractivity contribution in [2.75, 3.05) is 0 Å². The summed E-state index contributed by atoms with van der Waals surface area (Å²) in [6, 6.07) is 12.0. The van der Waals surface area contributed by atoms with E-state index in [-0.39, 0.29) is 10.8 Å². The summed E-state index contributed by atoms with van der Waals surface area (Å²) in [5.74, 6) is 0. The molecular formula is C18H26N2. The highest BCUT2D eigenvalue weighted by Gasteiger charge is 2.20. The third kappa shape index (κ3) is 5.52. The molecule has 0 radical (unpaired) electrons. The lowest BCUT2D eigenvalue weighted by Crippen LogP contribution is -2.19. The lowest BCUT2D eigenvalue weighted by Gasteiger charge is -2.23. The molecule has 0 aliphatic carbocycles. The van der Waals surface area contributed by atoms with Gasteiger partial charge in [-0.05, 0) is 24.3 Å². The zero-order valence-electron chi connectivity index (χ0n) is 13.5. The van der Waals surface area contributed by atoms with Crippen molar-refractivity contribution in [3.63, 3.8) is 0 Å². The van der Waals surface area contributed by atoms with E-state index in [0.29, 0.717) is 0 Å². The fourth-order valence-corrected chi connectivity index (χ4v) is 1.58. The second-order valence-electron chi connectivity index (χ2n) is 6.93. The molecule has 2 aromatic heterocycles. The quantitative estimate of drug-likeness (QED) is 0.690. The molecule has 0 unspecified atom stereocenters. The fraction of sp³-hybridized carbons (Fsp3) is 0.444. The summed E-state index contributed by atoms with van der Waals surface area (Å²) in [5, 5.41) is 0. The summed E-state index contributed by atoms with van der Waals surface area (Å²) in [6.45, 7) is 13.2. The van der Waals surface area contributed by atoms with Crippen LogP contribution in [-0.4, -0.2) is 9.97 Å². The van der Waals surface area contributed by atoms with Crippen LogP contribution >= 0.6 is 0 Å². The van der Waals surface area contributed by atoms with Gasteiger partial charge in [0.05, 0.1) is 0 Å². The van der Waals surface area contributed by atoms with Crippen molar-refractivity contribution >= 4 is 0 Å². The average molecular weight is 270 g/mol. The molecule has 0 aliphatic heterocycles. The topological polar surface area (TPSA) is 25.8 Å². The maximum absolute atomic E-state index is 4.72. The molecule has 0 aromatic carbocycles. The van der Waals surface area contributed by atoms with Crippen molar-refractivity contribution in [1.82, 2.24) is 9.97 Å². The Labute approximate surface area is 123 Å². The van der Waals surface area contributed by atoms with Crippen LogP contribution in [0.4, 0.5) is 0 Å². The molecule has 0 saturated carbocycles. The van der Waals surface area contributed by atoms with Gasteiger partial charge in [0.25, 0.3) is 0 Å². The molecule has 0 aliphatic rings. The molecule has 20 heavy (non-hydrogen) atoms. The molecule has 0 spiro atoms. The predicted molar refractivity (Wildman–Crippen MR) is 85.9 cm³/mol. The van der Waals surface area contributed by atoms with Gasteiger partial charge in [0.15, 0.2) is 0 Å². The highest BCUT2D eigenvalue weighted by molar-refractivity contribution is 5.21. The van der Waals surface area contributed by atoms with Crippen LogP contribution in [0.15, 0.2) is 48.8 Å². The number of nitrogens with zero attached hydrogens (tertiary/aromatic N) is 2. The highest BCUT2D eigenvalue weighted by atomic mass is 14.7. The molecule has 108 valence electrons. The molecule has 2 aromatic rings. The lowest BCUT2D eigenvalue weighted by atomic mass is 9.88. The van der Waals surface area contributed by atoms with E-state index < -0.39 is 0 Å². The largest absolute Gasteiger partial charge is 0.265 e. The van der Waals surface area contributed by atoms with Crippen LogP contribution < -0.4 is 0 Å². The molecule has 2 nitrogen and oxygen atoms in total. The van der Waals surface area contributed by atoms with Gasteiger partial charge in [-0.1, -0.05) is 53.7 Å². The summed E-state index contributed by atoms with van der Waals surface area (Å²) in [5.41, 5.74) is 2.62. The van der Waals surface area contributed by atoms with Crippen molar-refractivity contribution in [3.05, 3.63) is 60.2 Å². The van der Waals surface area contributed by atoms with E-state index in [2.05, 4.69) is 64.7 Å². The first-order valence-corrected chi connectivity index (χ1v) is 7.04. The molecule has 0 saturated heterocycles. The van der Waals surface area contributed by atoms with E-state index in [1.165, 1.54) is 11.4 Å². The van der Waals surface area contributed by atoms with E-state index in [4.69, 9.17) is 4.98 Å². The molecule has 0 bridgehead atoms. The van der Waals surface area contributed by atoms with Crippen molar-refractivity contribution in [1.29, 1.82) is 0 Å². The normalized spacial score (nSPS) is 11.5. The molecular weight excluding hydrogens is 244 g/mol. The van der Waals surface area contributed by atoms with E-state index >= 15 is 0 Å². The minimum absolute atomic E-state index is 0.140. The number of aromatic nitrogens is 2. The van der Waals surface area contributed by atoms with Crippen molar-refractivity contribution in [2.24, 2.45) is 0 Å². The number of hydrogen-bond acceptors (Lipinski definition) is 2. The van der Waals surface area contributed by atoms with Crippen LogP contribution in [0.2, 0.25) is 0 Å². The van der Waals surface area contributed by atoms with E-state index in [9.17, 15) is 0 Å². The average Bonchev–Trinajstić information content (AvgIpc) is 2.40. The summed E-state index contributed by atoms with van der Waals surface area (Å²) in [4.78, 5) is 8.50. The van der Waals surface area contributed by atoms with Gasteiger partial charge < -0.3 is 0 Å².